The molecule has 0 bridgehead atoms. The minimum Gasteiger partial charge on any atom is -0.512 e. The number of allylic oxidation sites excluding steroid dienone is 2. The summed E-state index contributed by atoms with van der Waals surface area (Å²) in [6.07, 6.45) is 5.64. The number of carbonyl (C=O) groups is 1. The van der Waals surface area contributed by atoms with Gasteiger partial charge in [-0.3, -0.25) is 9.78 Å². The Morgan fingerprint density at radius 2 is 1.81 bits per heavy atom. The number of hydrogen-bond acceptors (Lipinski definition) is 3. The van der Waals surface area contributed by atoms with Crippen molar-refractivity contribution in [2.45, 2.75) is 58.3 Å². The molecule has 0 saturated heterocycles. The summed E-state index contributed by atoms with van der Waals surface area (Å²) in [6.45, 7) is 4.42. The molecule has 2 aliphatic rings. The van der Waals surface area contributed by atoms with Crippen molar-refractivity contribution in [2.75, 3.05) is 0 Å². The van der Waals surface area contributed by atoms with Gasteiger partial charge in [-0.05, 0) is 66.3 Å². The van der Waals surface area contributed by atoms with Crippen LogP contribution < -0.4 is 0 Å². The summed E-state index contributed by atoms with van der Waals surface area (Å²) in [7, 11) is 0. The molecule has 32 heavy (non-hydrogen) atoms. The van der Waals surface area contributed by atoms with E-state index in [1.807, 2.05) is 24.3 Å². The van der Waals surface area contributed by atoms with Crippen molar-refractivity contribution in [1.29, 1.82) is 0 Å². The molecule has 2 aliphatic carbocycles. The molecule has 1 aromatic heterocycles. The van der Waals surface area contributed by atoms with E-state index in [1.165, 1.54) is 10.9 Å². The van der Waals surface area contributed by atoms with Gasteiger partial charge in [-0.15, -0.1) is 35.9 Å². The van der Waals surface area contributed by atoms with E-state index in [2.05, 4.69) is 50.2 Å². The molecule has 1 saturated carbocycles. The van der Waals surface area contributed by atoms with E-state index in [-0.39, 0.29) is 25.9 Å². The second-order valence-corrected chi connectivity index (χ2v) is 8.84. The Balaban J connectivity index is 0.000000193. The number of aliphatic hydroxyl groups excluding tert-OH is 1. The number of Topliss-reactive ketones (excluding diaryl/α,β-unsaturated/α-hetero) is 1. The van der Waals surface area contributed by atoms with Gasteiger partial charge in [-0.25, -0.2) is 0 Å². The third-order valence-corrected chi connectivity index (χ3v) is 6.31. The van der Waals surface area contributed by atoms with Crippen LogP contribution in [0.3, 0.4) is 0 Å². The van der Waals surface area contributed by atoms with Crippen LogP contribution in [0.5, 0.6) is 0 Å². The molecule has 4 heteroatoms. The third kappa shape index (κ3) is 5.54. The average molecular weight is 605 g/mol. The van der Waals surface area contributed by atoms with E-state index in [9.17, 15) is 9.90 Å². The van der Waals surface area contributed by atoms with Crippen molar-refractivity contribution < 1.29 is 30.0 Å². The maximum Gasteiger partial charge on any atom is 0.162 e. The molecule has 3 aromatic rings. The van der Waals surface area contributed by atoms with E-state index < -0.39 is 0 Å². The molecule has 5 rings (SSSR count). The molecule has 3 nitrogen and oxygen atoms in total. The van der Waals surface area contributed by atoms with E-state index >= 15 is 0 Å². The van der Waals surface area contributed by atoms with E-state index in [4.69, 9.17) is 4.98 Å². The first-order valence-electron chi connectivity index (χ1n) is 11.4. The average Bonchev–Trinajstić information content (AvgIpc) is 2.79. The van der Waals surface area contributed by atoms with Crippen LogP contribution in [0.15, 0.2) is 65.9 Å². The SMILES string of the molecule is CC(C)c1ccc2nc(-c3[c-]cccc3)ccc2c1.O=C1CCCC2CCCC(O)=C12.[Ir]. The standard InChI is InChI=1S/C18H16N.C10H14O2.Ir/c1-13(2)15-8-10-18-16(12-15)9-11-17(19-18)14-6-4-3-5-7-14;11-8-5-1-3-7-4-2-6-9(12)10(7)8;/h3-6,8-13H,1-2H3;7,11H,1-6H2;/q-1;;. The molecule has 1 fully saturated rings. The quantitative estimate of drug-likeness (QED) is 0.316. The molecule has 1 radical (unpaired) electrons. The van der Waals surface area contributed by atoms with Gasteiger partial charge in [0, 0.05) is 38.5 Å². The number of hydrogen-bond donors (Lipinski definition) is 1. The first-order valence-corrected chi connectivity index (χ1v) is 11.4. The van der Waals surface area contributed by atoms with E-state index in [0.29, 0.717) is 24.0 Å². The number of pyridine rings is 1. The minimum absolute atomic E-state index is 0. The number of benzene rings is 2. The number of nitrogens with zero attached hydrogens (tertiary/aromatic N) is 1. The predicted molar refractivity (Wildman–Crippen MR) is 126 cm³/mol. The Hall–Kier alpha value is -2.29. The minimum atomic E-state index is 0. The van der Waals surface area contributed by atoms with Crippen molar-refractivity contribution in [3.8, 4) is 11.3 Å². The van der Waals surface area contributed by atoms with Gasteiger partial charge in [-0.1, -0.05) is 32.0 Å². The molecule has 0 amide bonds. The number of ketones is 1. The summed E-state index contributed by atoms with van der Waals surface area (Å²) in [5.41, 5.74) is 5.18. The van der Waals surface area contributed by atoms with Crippen LogP contribution >= 0.6 is 0 Å². The summed E-state index contributed by atoms with van der Waals surface area (Å²) >= 11 is 0. The van der Waals surface area contributed by atoms with Gasteiger partial charge < -0.3 is 5.11 Å². The predicted octanol–water partition coefficient (Wildman–Crippen LogP) is 7.17. The van der Waals surface area contributed by atoms with Crippen LogP contribution in [-0.2, 0) is 24.9 Å². The molecule has 1 unspecified atom stereocenters. The van der Waals surface area contributed by atoms with Crippen LogP contribution in [0.2, 0.25) is 0 Å². The van der Waals surface area contributed by atoms with Crippen molar-refractivity contribution in [1.82, 2.24) is 4.98 Å². The molecule has 0 aliphatic heterocycles. The fourth-order valence-electron chi connectivity index (χ4n) is 4.56. The van der Waals surface area contributed by atoms with Crippen LogP contribution in [0, 0.1) is 12.0 Å². The summed E-state index contributed by atoms with van der Waals surface area (Å²) in [5, 5.41) is 10.7. The monoisotopic (exact) mass is 605 g/mol. The smallest absolute Gasteiger partial charge is 0.162 e. The summed E-state index contributed by atoms with van der Waals surface area (Å²) in [4.78, 5) is 16.1. The Morgan fingerprint density at radius 3 is 2.50 bits per heavy atom. The second kappa shape index (κ2) is 11.0. The number of aromatic nitrogens is 1. The molecule has 1 heterocycles. The molecule has 169 valence electrons. The van der Waals surface area contributed by atoms with Gasteiger partial charge >= 0.3 is 0 Å². The Labute approximate surface area is 204 Å². The van der Waals surface area contributed by atoms with Crippen LogP contribution in [0.1, 0.15) is 63.9 Å². The first kappa shape index (κ1) is 24.4. The number of carbonyl (C=O) groups excluding carboxylic acids is 1. The van der Waals surface area contributed by atoms with E-state index in [1.54, 1.807) is 0 Å². The van der Waals surface area contributed by atoms with Gasteiger partial charge in [0.2, 0.25) is 0 Å². The molecular weight excluding hydrogens is 575 g/mol. The van der Waals surface area contributed by atoms with Gasteiger partial charge in [-0.2, -0.15) is 0 Å². The van der Waals surface area contributed by atoms with Crippen LogP contribution in [0.4, 0.5) is 0 Å². The fraction of sp³-hybridized carbons (Fsp3) is 0.357. The van der Waals surface area contributed by atoms with E-state index in [0.717, 1.165) is 54.5 Å². The number of fused-ring (bicyclic) bond motifs is 2. The number of rotatable bonds is 2. The van der Waals surface area contributed by atoms with Crippen molar-refractivity contribution >= 4 is 16.7 Å². The molecular formula is C28H30IrNO2-. The van der Waals surface area contributed by atoms with Crippen molar-refractivity contribution in [3.63, 3.8) is 0 Å². The Morgan fingerprint density at radius 1 is 1.03 bits per heavy atom. The van der Waals surface area contributed by atoms with Gasteiger partial charge in [0.1, 0.15) is 0 Å². The topological polar surface area (TPSA) is 50.2 Å². The van der Waals surface area contributed by atoms with Crippen LogP contribution in [0.25, 0.3) is 22.2 Å². The normalized spacial score (nSPS) is 18.0. The van der Waals surface area contributed by atoms with Gasteiger partial charge in [0.25, 0.3) is 0 Å². The van der Waals surface area contributed by atoms with Crippen molar-refractivity contribution in [2.24, 2.45) is 5.92 Å². The molecule has 1 atom stereocenters. The summed E-state index contributed by atoms with van der Waals surface area (Å²) in [5.74, 6) is 1.52. The Bertz CT molecular complexity index is 1100. The fourth-order valence-corrected chi connectivity index (χ4v) is 4.56. The van der Waals surface area contributed by atoms with Crippen LogP contribution in [-0.4, -0.2) is 15.9 Å². The zero-order valence-electron chi connectivity index (χ0n) is 18.7. The van der Waals surface area contributed by atoms with Gasteiger partial charge in [0.05, 0.1) is 11.3 Å². The second-order valence-electron chi connectivity index (χ2n) is 8.84. The maximum atomic E-state index is 11.4. The van der Waals surface area contributed by atoms with Crippen molar-refractivity contribution in [3.05, 3.63) is 77.6 Å². The maximum absolute atomic E-state index is 11.4. The Kier molecular flexibility index (Phi) is 8.39. The first-order chi connectivity index (χ1) is 15.0. The third-order valence-electron chi connectivity index (χ3n) is 6.31. The number of aliphatic hydroxyl groups is 1. The molecule has 2 aromatic carbocycles. The zero-order chi connectivity index (χ0) is 21.8. The van der Waals surface area contributed by atoms with Gasteiger partial charge in [0.15, 0.2) is 5.78 Å². The summed E-state index contributed by atoms with van der Waals surface area (Å²) in [6, 6.07) is 21.9. The molecule has 0 spiro atoms. The largest absolute Gasteiger partial charge is 0.512 e. The zero-order valence-corrected chi connectivity index (χ0v) is 21.1. The molecule has 1 N–H and O–H groups in total. The summed E-state index contributed by atoms with van der Waals surface area (Å²) < 4.78 is 0.